The van der Waals surface area contributed by atoms with Crippen molar-refractivity contribution >= 4 is 33.8 Å². The molecule has 0 radical (unpaired) electrons. The highest BCUT2D eigenvalue weighted by Gasteiger charge is 2.19. The monoisotopic (exact) mass is 469 g/mol. The molecule has 0 saturated heterocycles. The van der Waals surface area contributed by atoms with Crippen molar-refractivity contribution in [3.8, 4) is 5.75 Å². The third-order valence-electron chi connectivity index (χ3n) is 6.44. The summed E-state index contributed by atoms with van der Waals surface area (Å²) >= 11 is 0. The van der Waals surface area contributed by atoms with Crippen LogP contribution in [0, 0.1) is 0 Å². The zero-order valence-electron chi connectivity index (χ0n) is 20.2. The van der Waals surface area contributed by atoms with Crippen LogP contribution in [0.2, 0.25) is 0 Å². The van der Waals surface area contributed by atoms with Gasteiger partial charge in [0.05, 0.1) is 5.69 Å². The van der Waals surface area contributed by atoms with E-state index in [1.54, 1.807) is 0 Å². The Kier molecular flexibility index (Phi) is 6.63. The molecule has 176 valence electrons. The number of para-hydroxylation sites is 2. The van der Waals surface area contributed by atoms with Crippen LogP contribution in [0.3, 0.4) is 0 Å². The van der Waals surface area contributed by atoms with Crippen LogP contribution in [-0.4, -0.2) is 5.97 Å². The molecule has 1 atom stereocenters. The van der Waals surface area contributed by atoms with Crippen molar-refractivity contribution in [1.82, 2.24) is 0 Å². The van der Waals surface area contributed by atoms with Crippen molar-refractivity contribution in [3.05, 3.63) is 145 Å². The molecule has 0 bridgehead atoms. The maximum atomic E-state index is 11.5. The molecule has 0 aliphatic heterocycles. The lowest BCUT2D eigenvalue weighted by atomic mass is 9.88. The van der Waals surface area contributed by atoms with E-state index in [2.05, 4.69) is 103 Å². The number of ether oxygens (including phenoxy) is 1. The van der Waals surface area contributed by atoms with E-state index in [9.17, 15) is 4.79 Å². The zero-order chi connectivity index (χ0) is 24.9. The summed E-state index contributed by atoms with van der Waals surface area (Å²) in [5.41, 5.74) is 5.74. The summed E-state index contributed by atoms with van der Waals surface area (Å²) in [4.78, 5) is 13.8. The average Bonchev–Trinajstić information content (AvgIpc) is 2.94. The smallest absolute Gasteiger partial charge is 0.335 e. The van der Waals surface area contributed by atoms with Gasteiger partial charge in [0.1, 0.15) is 5.75 Å². The van der Waals surface area contributed by atoms with E-state index >= 15 is 0 Å². The Hall–Kier alpha value is -4.63. The predicted octanol–water partition coefficient (Wildman–Crippen LogP) is 8.55. The first kappa shape index (κ1) is 23.1. The Bertz CT molecular complexity index is 1450. The Morgan fingerprint density at radius 3 is 1.86 bits per heavy atom. The van der Waals surface area contributed by atoms with Crippen molar-refractivity contribution in [2.45, 2.75) is 12.8 Å². The van der Waals surface area contributed by atoms with E-state index in [0.29, 0.717) is 5.75 Å². The Morgan fingerprint density at radius 2 is 1.28 bits per heavy atom. The van der Waals surface area contributed by atoms with E-state index in [1.807, 2.05) is 36.4 Å². The van der Waals surface area contributed by atoms with Gasteiger partial charge in [-0.2, -0.15) is 0 Å². The number of carbonyl (C=O) groups excluding carboxylic acids is 1. The molecule has 0 N–H and O–H groups in total. The van der Waals surface area contributed by atoms with Crippen molar-refractivity contribution in [2.24, 2.45) is 0 Å². The second-order valence-corrected chi connectivity index (χ2v) is 8.64. The van der Waals surface area contributed by atoms with Crippen LogP contribution in [0.25, 0.3) is 10.8 Å². The molecule has 0 amide bonds. The van der Waals surface area contributed by atoms with Gasteiger partial charge in [0, 0.05) is 28.8 Å². The quantitative estimate of drug-likeness (QED) is 0.136. The minimum atomic E-state index is -0.459. The van der Waals surface area contributed by atoms with Gasteiger partial charge in [-0.3, -0.25) is 0 Å². The van der Waals surface area contributed by atoms with E-state index in [1.165, 1.54) is 22.4 Å². The van der Waals surface area contributed by atoms with Crippen LogP contribution in [0.4, 0.5) is 17.1 Å². The first-order valence-corrected chi connectivity index (χ1v) is 12.0. The lowest BCUT2D eigenvalue weighted by Crippen LogP contribution is -2.11. The highest BCUT2D eigenvalue weighted by atomic mass is 16.5. The molecule has 36 heavy (non-hydrogen) atoms. The molecule has 0 heterocycles. The molecule has 0 fully saturated rings. The summed E-state index contributed by atoms with van der Waals surface area (Å²) in [6, 6.07) is 41.6. The lowest BCUT2D eigenvalue weighted by molar-refractivity contribution is -0.128. The maximum absolute atomic E-state index is 11.5. The van der Waals surface area contributed by atoms with Crippen LogP contribution in [0.5, 0.6) is 5.75 Å². The fraction of sp³-hybridized carbons (Fsp3) is 0.0606. The van der Waals surface area contributed by atoms with E-state index < -0.39 is 5.97 Å². The van der Waals surface area contributed by atoms with Crippen molar-refractivity contribution in [3.63, 3.8) is 0 Å². The molecule has 0 aliphatic rings. The van der Waals surface area contributed by atoms with E-state index in [-0.39, 0.29) is 5.92 Å². The fourth-order valence-electron chi connectivity index (χ4n) is 4.62. The van der Waals surface area contributed by atoms with Crippen LogP contribution >= 0.6 is 0 Å². The minimum absolute atomic E-state index is 0.148. The second-order valence-electron chi connectivity index (χ2n) is 8.64. The Morgan fingerprint density at radius 1 is 0.722 bits per heavy atom. The van der Waals surface area contributed by atoms with Gasteiger partial charge in [-0.1, -0.05) is 92.4 Å². The predicted molar refractivity (Wildman–Crippen MR) is 148 cm³/mol. The van der Waals surface area contributed by atoms with Crippen LogP contribution < -0.4 is 9.64 Å². The molecular formula is C33H27NO2. The second kappa shape index (κ2) is 10.3. The van der Waals surface area contributed by atoms with Gasteiger partial charge < -0.3 is 9.64 Å². The molecule has 0 aliphatic carbocycles. The third kappa shape index (κ3) is 4.64. The van der Waals surface area contributed by atoms with Crippen molar-refractivity contribution in [1.29, 1.82) is 0 Å². The minimum Gasteiger partial charge on any atom is -0.423 e. The number of rotatable bonds is 7. The summed E-state index contributed by atoms with van der Waals surface area (Å²) in [6.45, 7) is 5.66. The number of esters is 1. The van der Waals surface area contributed by atoms with Gasteiger partial charge in [0.2, 0.25) is 0 Å². The summed E-state index contributed by atoms with van der Waals surface area (Å²) < 4.78 is 5.24. The van der Waals surface area contributed by atoms with Crippen LogP contribution in [0.1, 0.15) is 24.0 Å². The SMILES string of the molecule is C=CC(=O)Oc1ccc(C(C)c2ccc(N(c3ccccc3)c3ccccc3)c3ccccc23)cc1. The standard InChI is InChI=1S/C33H27NO2/c1-3-33(35)36-28-20-18-25(19-21-28)24(2)29-22-23-32(31-17-11-10-16-30(29)31)34(26-12-6-4-7-13-26)27-14-8-5-9-15-27/h3-24H,1H2,2H3. The summed E-state index contributed by atoms with van der Waals surface area (Å²) in [5, 5.41) is 2.40. The number of fused-ring (bicyclic) bond motifs is 1. The van der Waals surface area contributed by atoms with Gasteiger partial charge in [0.25, 0.3) is 0 Å². The number of nitrogens with zero attached hydrogens (tertiary/aromatic N) is 1. The molecule has 5 aromatic rings. The molecule has 3 heteroatoms. The van der Waals surface area contributed by atoms with E-state index in [4.69, 9.17) is 4.74 Å². The highest BCUT2D eigenvalue weighted by molar-refractivity contribution is 6.00. The molecule has 5 rings (SSSR count). The summed E-state index contributed by atoms with van der Waals surface area (Å²) in [7, 11) is 0. The summed E-state index contributed by atoms with van der Waals surface area (Å²) in [6.07, 6.45) is 1.17. The largest absolute Gasteiger partial charge is 0.423 e. The summed E-state index contributed by atoms with van der Waals surface area (Å²) in [5.74, 6) is 0.200. The molecule has 0 spiro atoms. The molecule has 5 aromatic carbocycles. The first-order chi connectivity index (χ1) is 17.7. The Balaban J connectivity index is 1.59. The van der Waals surface area contributed by atoms with Gasteiger partial charge in [0.15, 0.2) is 0 Å². The molecule has 0 saturated carbocycles. The number of anilines is 3. The van der Waals surface area contributed by atoms with Crippen LogP contribution in [-0.2, 0) is 4.79 Å². The van der Waals surface area contributed by atoms with Gasteiger partial charge >= 0.3 is 5.97 Å². The average molecular weight is 470 g/mol. The van der Waals surface area contributed by atoms with Gasteiger partial charge in [-0.15, -0.1) is 0 Å². The van der Waals surface area contributed by atoms with Crippen molar-refractivity contribution in [2.75, 3.05) is 4.90 Å². The number of benzene rings is 5. The molecular weight excluding hydrogens is 442 g/mol. The maximum Gasteiger partial charge on any atom is 0.335 e. The van der Waals surface area contributed by atoms with Crippen LogP contribution in [0.15, 0.2) is 134 Å². The van der Waals surface area contributed by atoms with E-state index in [0.717, 1.165) is 22.6 Å². The third-order valence-corrected chi connectivity index (χ3v) is 6.44. The molecule has 0 aromatic heterocycles. The highest BCUT2D eigenvalue weighted by Crippen LogP contribution is 2.41. The number of hydrogen-bond acceptors (Lipinski definition) is 3. The molecule has 1 unspecified atom stereocenters. The Labute approximate surface area is 211 Å². The molecule has 3 nitrogen and oxygen atoms in total. The van der Waals surface area contributed by atoms with Gasteiger partial charge in [-0.25, -0.2) is 4.79 Å². The zero-order valence-corrected chi connectivity index (χ0v) is 20.2. The number of carbonyl (C=O) groups is 1. The first-order valence-electron chi connectivity index (χ1n) is 12.0. The van der Waals surface area contributed by atoms with Gasteiger partial charge in [-0.05, 0) is 59.0 Å². The van der Waals surface area contributed by atoms with Crippen molar-refractivity contribution < 1.29 is 9.53 Å². The lowest BCUT2D eigenvalue weighted by Gasteiger charge is -2.28. The normalized spacial score (nSPS) is 11.6. The number of hydrogen-bond donors (Lipinski definition) is 0. The topological polar surface area (TPSA) is 29.5 Å². The fourth-order valence-corrected chi connectivity index (χ4v) is 4.62.